The normalized spacial score (nSPS) is 10.9. The van der Waals surface area contributed by atoms with E-state index in [2.05, 4.69) is 83.0 Å². The molecule has 1 heterocycles. The highest BCUT2D eigenvalue weighted by atomic mass is 15.6. The van der Waals surface area contributed by atoms with E-state index in [1.54, 1.807) is 4.80 Å². The van der Waals surface area contributed by atoms with Crippen LogP contribution in [0, 0.1) is 6.92 Å². The second-order valence-corrected chi connectivity index (χ2v) is 6.71. The van der Waals surface area contributed by atoms with E-state index in [0.29, 0.717) is 5.82 Å². The van der Waals surface area contributed by atoms with Gasteiger partial charge in [-0.1, -0.05) is 84.4 Å². The summed E-state index contributed by atoms with van der Waals surface area (Å²) in [6, 6.07) is 27.2. The Kier molecular flexibility index (Phi) is 5.06. The Hall–Kier alpha value is -3.27. The van der Waals surface area contributed by atoms with Crippen LogP contribution in [0.1, 0.15) is 17.5 Å². The first-order valence-corrected chi connectivity index (χ1v) is 9.28. The third-order valence-corrected chi connectivity index (χ3v) is 4.65. The fourth-order valence-electron chi connectivity index (χ4n) is 3.18. The van der Waals surface area contributed by atoms with Crippen molar-refractivity contribution in [1.29, 1.82) is 0 Å². The van der Waals surface area contributed by atoms with Crippen LogP contribution in [-0.4, -0.2) is 20.2 Å². The van der Waals surface area contributed by atoms with Crippen LogP contribution < -0.4 is 0 Å². The first-order valence-electron chi connectivity index (χ1n) is 9.28. The first-order chi connectivity index (χ1) is 13.3. The highest BCUT2D eigenvalue weighted by molar-refractivity contribution is 5.80. The Morgan fingerprint density at radius 3 is 2.26 bits per heavy atom. The molecule has 27 heavy (non-hydrogen) atoms. The van der Waals surface area contributed by atoms with Crippen LogP contribution in [0.15, 0.2) is 78.9 Å². The van der Waals surface area contributed by atoms with Gasteiger partial charge in [0.05, 0.1) is 6.54 Å². The van der Waals surface area contributed by atoms with Gasteiger partial charge in [-0.3, -0.25) is 0 Å². The number of hydrogen-bond acceptors (Lipinski definition) is 3. The summed E-state index contributed by atoms with van der Waals surface area (Å²) in [4.78, 5) is 1.70. The summed E-state index contributed by atoms with van der Waals surface area (Å²) in [5.74, 6) is 0.672. The molecule has 4 nitrogen and oxygen atoms in total. The molecule has 0 unspecified atom stereocenters. The van der Waals surface area contributed by atoms with Crippen LogP contribution in [0.25, 0.3) is 22.5 Å². The van der Waals surface area contributed by atoms with E-state index >= 15 is 0 Å². The molecule has 0 aliphatic heterocycles. The third-order valence-electron chi connectivity index (χ3n) is 4.65. The lowest BCUT2D eigenvalue weighted by atomic mass is 9.98. The smallest absolute Gasteiger partial charge is 0.164 e. The number of rotatable bonds is 6. The lowest BCUT2D eigenvalue weighted by molar-refractivity contribution is 0.500. The molecule has 0 spiro atoms. The third kappa shape index (κ3) is 4.11. The van der Waals surface area contributed by atoms with Crippen molar-refractivity contribution < 1.29 is 0 Å². The Bertz CT molecular complexity index is 1000. The second kappa shape index (κ2) is 7.96. The van der Waals surface area contributed by atoms with E-state index in [1.807, 2.05) is 18.2 Å². The molecule has 3 aromatic carbocycles. The summed E-state index contributed by atoms with van der Waals surface area (Å²) in [6.45, 7) is 2.85. The van der Waals surface area contributed by atoms with Crippen molar-refractivity contribution in [3.05, 3.63) is 90.0 Å². The zero-order valence-corrected chi connectivity index (χ0v) is 15.4. The SMILES string of the molecule is Cc1ccc(-c2ccccc2-c2nnn(CCCc3ccccc3)n2)cc1. The maximum atomic E-state index is 4.61. The summed E-state index contributed by atoms with van der Waals surface area (Å²) in [6.07, 6.45) is 2.00. The quantitative estimate of drug-likeness (QED) is 0.492. The largest absolute Gasteiger partial charge is 0.205 e. The molecular formula is C23H22N4. The van der Waals surface area contributed by atoms with Crippen molar-refractivity contribution in [3.63, 3.8) is 0 Å². The molecule has 0 aliphatic rings. The standard InChI is InChI=1S/C23H22N4/c1-18-13-15-20(16-14-18)21-11-5-6-12-22(21)23-24-26-27(25-23)17-7-10-19-8-3-2-4-9-19/h2-6,8-9,11-16H,7,10,17H2,1H3. The summed E-state index contributed by atoms with van der Waals surface area (Å²) in [7, 11) is 0. The summed E-state index contributed by atoms with van der Waals surface area (Å²) >= 11 is 0. The van der Waals surface area contributed by atoms with Gasteiger partial charge in [0.2, 0.25) is 5.82 Å². The zero-order chi connectivity index (χ0) is 18.5. The van der Waals surface area contributed by atoms with Crippen molar-refractivity contribution in [2.75, 3.05) is 0 Å². The fraction of sp³-hybridized carbons (Fsp3) is 0.174. The number of benzene rings is 3. The molecule has 0 amide bonds. The van der Waals surface area contributed by atoms with Crippen LogP contribution in [0.2, 0.25) is 0 Å². The topological polar surface area (TPSA) is 43.6 Å². The fourth-order valence-corrected chi connectivity index (χ4v) is 3.18. The van der Waals surface area contributed by atoms with Crippen LogP contribution >= 0.6 is 0 Å². The summed E-state index contributed by atoms with van der Waals surface area (Å²) in [5.41, 5.74) is 5.88. The van der Waals surface area contributed by atoms with Gasteiger partial charge in [-0.25, -0.2) is 0 Å². The van der Waals surface area contributed by atoms with E-state index in [-0.39, 0.29) is 0 Å². The molecule has 0 bridgehead atoms. The molecule has 1 aromatic heterocycles. The maximum absolute atomic E-state index is 4.61. The van der Waals surface area contributed by atoms with Gasteiger partial charge in [0.25, 0.3) is 0 Å². The predicted octanol–water partition coefficient (Wildman–Crippen LogP) is 4.95. The van der Waals surface area contributed by atoms with Gasteiger partial charge in [0.15, 0.2) is 0 Å². The number of aromatic nitrogens is 4. The molecule has 0 saturated carbocycles. The van der Waals surface area contributed by atoms with Gasteiger partial charge in [-0.05, 0) is 41.7 Å². The number of tetrazole rings is 1. The lowest BCUT2D eigenvalue weighted by Gasteiger charge is -2.07. The van der Waals surface area contributed by atoms with Crippen LogP contribution in [0.4, 0.5) is 0 Å². The second-order valence-electron chi connectivity index (χ2n) is 6.71. The molecule has 0 saturated heterocycles. The Morgan fingerprint density at radius 2 is 1.48 bits per heavy atom. The van der Waals surface area contributed by atoms with Crippen LogP contribution in [0.5, 0.6) is 0 Å². The zero-order valence-electron chi connectivity index (χ0n) is 15.4. The van der Waals surface area contributed by atoms with E-state index in [0.717, 1.165) is 36.1 Å². The number of hydrogen-bond donors (Lipinski definition) is 0. The monoisotopic (exact) mass is 354 g/mol. The molecule has 134 valence electrons. The van der Waals surface area contributed by atoms with E-state index < -0.39 is 0 Å². The Morgan fingerprint density at radius 1 is 0.778 bits per heavy atom. The predicted molar refractivity (Wildman–Crippen MR) is 108 cm³/mol. The van der Waals surface area contributed by atoms with E-state index in [4.69, 9.17) is 0 Å². The minimum atomic E-state index is 0.672. The molecule has 4 heteroatoms. The molecule has 4 rings (SSSR count). The minimum absolute atomic E-state index is 0.672. The molecule has 0 atom stereocenters. The van der Waals surface area contributed by atoms with Gasteiger partial charge >= 0.3 is 0 Å². The molecule has 0 N–H and O–H groups in total. The number of aryl methyl sites for hydroxylation is 3. The molecule has 4 aromatic rings. The Balaban J connectivity index is 1.51. The number of nitrogens with zero attached hydrogens (tertiary/aromatic N) is 4. The van der Waals surface area contributed by atoms with Crippen LogP contribution in [0.3, 0.4) is 0 Å². The molecule has 0 radical (unpaired) electrons. The van der Waals surface area contributed by atoms with Gasteiger partial charge in [0, 0.05) is 5.56 Å². The average molecular weight is 354 g/mol. The van der Waals surface area contributed by atoms with Crippen molar-refractivity contribution in [3.8, 4) is 22.5 Å². The molecule has 0 fully saturated rings. The van der Waals surface area contributed by atoms with Gasteiger partial charge < -0.3 is 0 Å². The summed E-state index contributed by atoms with van der Waals surface area (Å²) in [5, 5.41) is 13.2. The van der Waals surface area contributed by atoms with Crippen molar-refractivity contribution in [2.24, 2.45) is 0 Å². The molecule has 0 aliphatic carbocycles. The van der Waals surface area contributed by atoms with E-state index in [9.17, 15) is 0 Å². The highest BCUT2D eigenvalue weighted by Crippen LogP contribution is 2.29. The summed E-state index contributed by atoms with van der Waals surface area (Å²) < 4.78 is 0. The van der Waals surface area contributed by atoms with Gasteiger partial charge in [-0.15, -0.1) is 10.2 Å². The minimum Gasteiger partial charge on any atom is -0.164 e. The van der Waals surface area contributed by atoms with Crippen LogP contribution in [-0.2, 0) is 13.0 Å². The Labute approximate surface area is 159 Å². The maximum Gasteiger partial charge on any atom is 0.205 e. The molecular weight excluding hydrogens is 332 g/mol. The van der Waals surface area contributed by atoms with Crippen molar-refractivity contribution >= 4 is 0 Å². The first kappa shape index (κ1) is 17.2. The van der Waals surface area contributed by atoms with Gasteiger partial charge in [-0.2, -0.15) is 4.80 Å². The van der Waals surface area contributed by atoms with Crippen molar-refractivity contribution in [1.82, 2.24) is 20.2 Å². The lowest BCUT2D eigenvalue weighted by Crippen LogP contribution is -2.04. The highest BCUT2D eigenvalue weighted by Gasteiger charge is 2.12. The van der Waals surface area contributed by atoms with Gasteiger partial charge in [0.1, 0.15) is 0 Å². The van der Waals surface area contributed by atoms with E-state index in [1.165, 1.54) is 11.1 Å². The van der Waals surface area contributed by atoms with Crippen molar-refractivity contribution in [2.45, 2.75) is 26.3 Å². The average Bonchev–Trinajstić information content (AvgIpc) is 3.18.